The number of nitrogens with one attached hydrogen (secondary N) is 1. The number of benzene rings is 2. The maximum absolute atomic E-state index is 16.8. The van der Waals surface area contributed by atoms with Gasteiger partial charge in [0.25, 0.3) is 0 Å². The quantitative estimate of drug-likeness (QED) is 0.322. The second-order valence-electron chi connectivity index (χ2n) is 7.34. The molecule has 0 aliphatic carbocycles. The Labute approximate surface area is 188 Å². The molecule has 4 nitrogen and oxygen atoms in total. The highest BCUT2D eigenvalue weighted by molar-refractivity contribution is 7.99. The minimum absolute atomic E-state index is 0.0736. The predicted octanol–water partition coefficient (Wildman–Crippen LogP) is 5.83. The van der Waals surface area contributed by atoms with Gasteiger partial charge in [0.1, 0.15) is 5.75 Å². The summed E-state index contributed by atoms with van der Waals surface area (Å²) in [6.07, 6.45) is -5.28. The second kappa shape index (κ2) is 9.15. The number of nitrogens with zero attached hydrogens (tertiary/aromatic N) is 1. The number of thioether (sulfide) groups is 1. The van der Waals surface area contributed by atoms with Crippen LogP contribution in [0.2, 0.25) is 0 Å². The van der Waals surface area contributed by atoms with Gasteiger partial charge in [-0.15, -0.1) is 0 Å². The molecule has 0 saturated carbocycles. The van der Waals surface area contributed by atoms with Crippen LogP contribution < -0.4 is 10.1 Å². The number of aliphatic hydroxyl groups is 1. The highest BCUT2D eigenvalue weighted by Gasteiger charge is 2.68. The summed E-state index contributed by atoms with van der Waals surface area (Å²) in [5.41, 5.74) is -2.88. The summed E-state index contributed by atoms with van der Waals surface area (Å²) in [6, 6.07) is 13.2. The second-order valence-corrected chi connectivity index (χ2v) is 8.61. The normalized spacial score (nSPS) is 15.8. The molecule has 0 bridgehead atoms. The Morgan fingerprint density at radius 2 is 1.78 bits per heavy atom. The Morgan fingerprint density at radius 3 is 2.44 bits per heavy atom. The largest absolute Gasteiger partial charge is 0.497 e. The lowest BCUT2D eigenvalue weighted by atomic mass is 9.85. The van der Waals surface area contributed by atoms with Gasteiger partial charge in [-0.2, -0.15) is 24.9 Å². The predicted molar refractivity (Wildman–Crippen MR) is 120 cm³/mol. The molecule has 0 saturated heterocycles. The molecule has 9 heteroatoms. The van der Waals surface area contributed by atoms with Crippen molar-refractivity contribution >= 4 is 28.4 Å². The van der Waals surface area contributed by atoms with E-state index in [4.69, 9.17) is 4.74 Å². The number of hydrogen-bond acceptors (Lipinski definition) is 5. The molecule has 1 heterocycles. The topological polar surface area (TPSA) is 54.4 Å². The van der Waals surface area contributed by atoms with E-state index in [1.165, 1.54) is 31.4 Å². The van der Waals surface area contributed by atoms with E-state index in [-0.39, 0.29) is 17.2 Å². The van der Waals surface area contributed by atoms with Crippen molar-refractivity contribution in [3.8, 4) is 5.75 Å². The molecule has 2 N–H and O–H groups in total. The maximum Gasteiger partial charge on any atom is 0.423 e. The number of alkyl halides is 4. The molecule has 2 aromatic carbocycles. The fourth-order valence-corrected chi connectivity index (χ4v) is 4.29. The molecule has 1 aromatic heterocycles. The van der Waals surface area contributed by atoms with Gasteiger partial charge in [0.2, 0.25) is 11.4 Å². The van der Waals surface area contributed by atoms with Crippen LogP contribution in [0.25, 0.3) is 10.9 Å². The van der Waals surface area contributed by atoms with Crippen LogP contribution >= 0.6 is 11.8 Å². The van der Waals surface area contributed by atoms with Crippen LogP contribution in [-0.2, 0) is 5.79 Å². The number of aryl methyl sites for hydroxylation is 1. The van der Waals surface area contributed by atoms with Crippen LogP contribution in [0.15, 0.2) is 54.6 Å². The number of halogens is 4. The Bertz CT molecular complexity index is 1100. The highest BCUT2D eigenvalue weighted by Crippen LogP contribution is 2.49. The van der Waals surface area contributed by atoms with Crippen molar-refractivity contribution in [2.24, 2.45) is 0 Å². The molecule has 3 rings (SSSR count). The van der Waals surface area contributed by atoms with E-state index < -0.39 is 28.9 Å². The first-order valence-electron chi connectivity index (χ1n) is 9.90. The van der Waals surface area contributed by atoms with Gasteiger partial charge in [-0.1, -0.05) is 25.1 Å². The van der Waals surface area contributed by atoms with Gasteiger partial charge in [0.05, 0.1) is 12.6 Å². The molecular formula is C23H24F4N2O2S. The van der Waals surface area contributed by atoms with E-state index in [0.29, 0.717) is 16.6 Å². The molecule has 32 heavy (non-hydrogen) atoms. The van der Waals surface area contributed by atoms with Crippen molar-refractivity contribution in [3.63, 3.8) is 0 Å². The zero-order chi connectivity index (χ0) is 23.6. The van der Waals surface area contributed by atoms with Gasteiger partial charge in [-0.3, -0.25) is 4.98 Å². The number of methoxy groups -OCH3 is 1. The molecule has 0 spiro atoms. The Hall–Kier alpha value is -2.52. The summed E-state index contributed by atoms with van der Waals surface area (Å²) >= 11 is 0.796. The van der Waals surface area contributed by atoms with Crippen molar-refractivity contribution in [3.05, 3.63) is 65.9 Å². The summed E-state index contributed by atoms with van der Waals surface area (Å²) in [6.45, 7) is 3.42. The first kappa shape index (κ1) is 24.1. The number of anilines is 1. The molecule has 0 fully saturated rings. The van der Waals surface area contributed by atoms with Gasteiger partial charge in [0.15, 0.2) is 0 Å². The molecule has 2 atom stereocenters. The Kier molecular flexibility index (Phi) is 6.90. The Morgan fingerprint density at radius 1 is 1.06 bits per heavy atom. The van der Waals surface area contributed by atoms with Crippen LogP contribution in [0.5, 0.6) is 5.75 Å². The van der Waals surface area contributed by atoms with Crippen molar-refractivity contribution in [1.29, 1.82) is 0 Å². The minimum atomic E-state index is -5.28. The SMILES string of the molecule is CCSCC(O)(C(F)(F)F)C(F)(Nc1cccc2nc(C)ccc12)c1cccc(OC)c1. The summed E-state index contributed by atoms with van der Waals surface area (Å²) in [4.78, 5) is 4.36. The molecule has 0 amide bonds. The number of hydrogen-bond donors (Lipinski definition) is 2. The van der Waals surface area contributed by atoms with E-state index in [0.717, 1.165) is 17.8 Å². The summed E-state index contributed by atoms with van der Waals surface area (Å²) in [5.74, 6) is -3.91. The average Bonchev–Trinajstić information content (AvgIpc) is 2.76. The van der Waals surface area contributed by atoms with Gasteiger partial charge in [-0.05, 0) is 49.1 Å². The zero-order valence-corrected chi connectivity index (χ0v) is 18.6. The fraction of sp³-hybridized carbons (Fsp3) is 0.348. The maximum atomic E-state index is 16.8. The van der Waals surface area contributed by atoms with E-state index in [9.17, 15) is 18.3 Å². The average molecular weight is 469 g/mol. The van der Waals surface area contributed by atoms with E-state index in [2.05, 4.69) is 10.3 Å². The van der Waals surface area contributed by atoms with Crippen molar-refractivity contribution in [2.45, 2.75) is 31.4 Å². The number of aromatic nitrogens is 1. The smallest absolute Gasteiger partial charge is 0.423 e. The van der Waals surface area contributed by atoms with Crippen LogP contribution in [-0.4, -0.2) is 40.5 Å². The fourth-order valence-electron chi connectivity index (χ4n) is 3.43. The van der Waals surface area contributed by atoms with Crippen molar-refractivity contribution in [1.82, 2.24) is 4.98 Å². The lowest BCUT2D eigenvalue weighted by Crippen LogP contribution is -2.64. The minimum Gasteiger partial charge on any atom is -0.497 e. The van der Waals surface area contributed by atoms with Crippen LogP contribution in [0.1, 0.15) is 18.2 Å². The molecule has 2 unspecified atom stereocenters. The van der Waals surface area contributed by atoms with E-state index in [1.807, 2.05) is 0 Å². The molecule has 0 aliphatic heterocycles. The molecule has 172 valence electrons. The zero-order valence-electron chi connectivity index (χ0n) is 17.8. The third-order valence-corrected chi connectivity index (χ3v) is 6.23. The number of fused-ring (bicyclic) bond motifs is 1. The molecule has 3 aromatic rings. The van der Waals surface area contributed by atoms with Gasteiger partial charge in [-0.25, -0.2) is 4.39 Å². The summed E-state index contributed by atoms with van der Waals surface area (Å²) in [7, 11) is 1.33. The lowest BCUT2D eigenvalue weighted by molar-refractivity contribution is -0.292. The highest BCUT2D eigenvalue weighted by atomic mass is 32.2. The summed E-state index contributed by atoms with van der Waals surface area (Å²) < 4.78 is 64.7. The Balaban J connectivity index is 2.25. The monoisotopic (exact) mass is 468 g/mol. The third-order valence-electron chi connectivity index (χ3n) is 5.20. The van der Waals surface area contributed by atoms with Crippen LogP contribution in [0.3, 0.4) is 0 Å². The standard InChI is InChI=1S/C23H24F4N2O2S/c1-4-32-14-21(30,23(25,26)27)22(24,16-7-5-8-17(13-16)31-3)29-20-10-6-9-19-18(20)12-11-15(2)28-19/h5-13,29-30H,4,14H2,1-3H3. The van der Waals surface area contributed by atoms with Gasteiger partial charge in [0, 0.05) is 28.1 Å². The number of ether oxygens (including phenoxy) is 1. The molecule has 0 radical (unpaired) electrons. The first-order valence-corrected chi connectivity index (χ1v) is 11.1. The number of rotatable bonds is 8. The third kappa shape index (κ3) is 4.36. The molecular weight excluding hydrogens is 444 g/mol. The van der Waals surface area contributed by atoms with Crippen molar-refractivity contribution in [2.75, 3.05) is 23.9 Å². The van der Waals surface area contributed by atoms with Crippen LogP contribution in [0, 0.1) is 6.92 Å². The first-order chi connectivity index (χ1) is 15.1. The summed E-state index contributed by atoms with van der Waals surface area (Å²) in [5, 5.41) is 13.8. The van der Waals surface area contributed by atoms with Gasteiger partial charge >= 0.3 is 6.18 Å². The van der Waals surface area contributed by atoms with Crippen molar-refractivity contribution < 1.29 is 27.4 Å². The lowest BCUT2D eigenvalue weighted by Gasteiger charge is -2.43. The number of pyridine rings is 1. The van der Waals surface area contributed by atoms with E-state index >= 15 is 4.39 Å². The van der Waals surface area contributed by atoms with E-state index in [1.54, 1.807) is 38.1 Å². The molecule has 0 aliphatic rings. The van der Waals surface area contributed by atoms with Crippen LogP contribution in [0.4, 0.5) is 23.2 Å². The van der Waals surface area contributed by atoms with Gasteiger partial charge < -0.3 is 15.2 Å².